The first-order valence-electron chi connectivity index (χ1n) is 11.7. The minimum atomic E-state index is -0.720. The zero-order chi connectivity index (χ0) is 22.7. The third-order valence-corrected chi connectivity index (χ3v) is 6.80. The van der Waals surface area contributed by atoms with Gasteiger partial charge in [0.15, 0.2) is 0 Å². The topological polar surface area (TPSA) is 56.8 Å². The number of hydrogen-bond acceptors (Lipinski definition) is 4. The van der Waals surface area contributed by atoms with Crippen molar-refractivity contribution < 1.29 is 9.59 Å². The Hall–Kier alpha value is -2.73. The van der Waals surface area contributed by atoms with Crippen molar-refractivity contribution in [2.24, 2.45) is 5.92 Å². The maximum absolute atomic E-state index is 13.7. The molecule has 2 saturated heterocycles. The number of pyridine rings is 1. The highest BCUT2D eigenvalue weighted by atomic mass is 16.2. The third-order valence-electron chi connectivity index (χ3n) is 6.80. The Labute approximate surface area is 191 Å². The fourth-order valence-corrected chi connectivity index (χ4v) is 5.06. The number of imide groups is 1. The smallest absolute Gasteiger partial charge is 0.309 e. The Bertz CT molecular complexity index is 923. The Morgan fingerprint density at radius 3 is 2.25 bits per heavy atom. The Kier molecular flexibility index (Phi) is 6.60. The zero-order valence-corrected chi connectivity index (χ0v) is 19.4. The molecule has 2 aliphatic heterocycles. The lowest BCUT2D eigenvalue weighted by Crippen LogP contribution is -2.57. The van der Waals surface area contributed by atoms with E-state index in [0.717, 1.165) is 25.3 Å². The van der Waals surface area contributed by atoms with Gasteiger partial charge < -0.3 is 9.80 Å². The molecule has 32 heavy (non-hydrogen) atoms. The van der Waals surface area contributed by atoms with Gasteiger partial charge in [-0.15, -0.1) is 0 Å². The number of rotatable bonds is 7. The molecule has 1 spiro atoms. The maximum atomic E-state index is 13.7. The van der Waals surface area contributed by atoms with E-state index in [4.69, 9.17) is 0 Å². The van der Waals surface area contributed by atoms with Gasteiger partial charge in [0.1, 0.15) is 5.54 Å². The van der Waals surface area contributed by atoms with Crippen molar-refractivity contribution in [2.75, 3.05) is 26.2 Å². The minimum Gasteiger partial charge on any atom is -0.309 e. The van der Waals surface area contributed by atoms with Gasteiger partial charge >= 0.3 is 6.03 Å². The molecule has 2 aliphatic rings. The molecule has 1 aromatic carbocycles. The second-order valence-corrected chi connectivity index (χ2v) is 9.64. The van der Waals surface area contributed by atoms with E-state index in [1.807, 2.05) is 29.2 Å². The summed E-state index contributed by atoms with van der Waals surface area (Å²) in [6, 6.07) is 16.0. The van der Waals surface area contributed by atoms with Crippen LogP contribution >= 0.6 is 0 Å². The largest absolute Gasteiger partial charge is 0.328 e. The van der Waals surface area contributed by atoms with Crippen LogP contribution in [-0.4, -0.2) is 63.3 Å². The molecule has 1 aromatic heterocycles. The molecule has 0 bridgehead atoms. The number of aromatic nitrogens is 1. The number of carbonyl (C=O) groups is 2. The van der Waals surface area contributed by atoms with Crippen LogP contribution in [0.15, 0.2) is 54.7 Å². The van der Waals surface area contributed by atoms with Crippen LogP contribution in [0.1, 0.15) is 50.8 Å². The summed E-state index contributed by atoms with van der Waals surface area (Å²) in [5, 5.41) is 0. The molecule has 6 nitrogen and oxygen atoms in total. The molecular formula is C26H34N4O2. The van der Waals surface area contributed by atoms with E-state index in [9.17, 15) is 9.59 Å². The average Bonchev–Trinajstić information content (AvgIpc) is 2.98. The lowest BCUT2D eigenvalue weighted by Gasteiger charge is -2.43. The van der Waals surface area contributed by atoms with E-state index in [2.05, 4.69) is 54.9 Å². The van der Waals surface area contributed by atoms with Gasteiger partial charge in [-0.25, -0.2) is 4.79 Å². The number of likely N-dealkylation sites (tertiary alicyclic amines) is 1. The van der Waals surface area contributed by atoms with Crippen LogP contribution in [0.25, 0.3) is 0 Å². The number of piperidine rings is 1. The second kappa shape index (κ2) is 9.41. The van der Waals surface area contributed by atoms with E-state index >= 15 is 0 Å². The van der Waals surface area contributed by atoms with E-state index in [0.29, 0.717) is 31.2 Å². The second-order valence-electron chi connectivity index (χ2n) is 9.64. The molecule has 0 N–H and O–H groups in total. The molecular weight excluding hydrogens is 400 g/mol. The van der Waals surface area contributed by atoms with Crippen molar-refractivity contribution in [1.29, 1.82) is 0 Å². The number of benzene rings is 1. The van der Waals surface area contributed by atoms with Crippen molar-refractivity contribution in [3.8, 4) is 0 Å². The summed E-state index contributed by atoms with van der Waals surface area (Å²) in [5.41, 5.74) is 1.36. The van der Waals surface area contributed by atoms with Gasteiger partial charge in [0.2, 0.25) is 0 Å². The predicted octanol–water partition coefficient (Wildman–Crippen LogP) is 4.14. The van der Waals surface area contributed by atoms with Crippen molar-refractivity contribution >= 4 is 11.9 Å². The molecule has 6 heteroatoms. The van der Waals surface area contributed by atoms with Gasteiger partial charge in [0, 0.05) is 32.4 Å². The zero-order valence-electron chi connectivity index (χ0n) is 19.4. The van der Waals surface area contributed by atoms with Gasteiger partial charge in [0.05, 0.1) is 12.2 Å². The van der Waals surface area contributed by atoms with Gasteiger partial charge in [0.25, 0.3) is 5.91 Å². The molecule has 2 fully saturated rings. The first-order valence-corrected chi connectivity index (χ1v) is 11.7. The molecule has 3 amide bonds. The van der Waals surface area contributed by atoms with Crippen LogP contribution < -0.4 is 0 Å². The highest BCUT2D eigenvalue weighted by Gasteiger charge is 2.57. The number of amides is 3. The molecule has 170 valence electrons. The normalized spacial score (nSPS) is 19.9. The van der Waals surface area contributed by atoms with E-state index in [1.54, 1.807) is 6.20 Å². The Morgan fingerprint density at radius 1 is 0.938 bits per heavy atom. The summed E-state index contributed by atoms with van der Waals surface area (Å²) >= 11 is 0. The molecule has 0 saturated carbocycles. The SMILES string of the molecule is CC(C)CN1C(=O)N(Cc2ccccn2)C(=O)C12CCN(C[C@H](C)c1ccccc1)CC2. The van der Waals surface area contributed by atoms with Crippen molar-refractivity contribution in [2.45, 2.75) is 51.6 Å². The summed E-state index contributed by atoms with van der Waals surface area (Å²) < 4.78 is 0. The lowest BCUT2D eigenvalue weighted by atomic mass is 9.84. The van der Waals surface area contributed by atoms with E-state index < -0.39 is 5.54 Å². The maximum Gasteiger partial charge on any atom is 0.328 e. The van der Waals surface area contributed by atoms with Crippen LogP contribution in [0.3, 0.4) is 0 Å². The highest BCUT2D eigenvalue weighted by molar-refractivity contribution is 6.07. The van der Waals surface area contributed by atoms with Gasteiger partial charge in [-0.2, -0.15) is 0 Å². The first kappa shape index (κ1) is 22.5. The Morgan fingerprint density at radius 2 is 1.62 bits per heavy atom. The predicted molar refractivity (Wildman–Crippen MR) is 125 cm³/mol. The standard InChI is InChI=1S/C26H34N4O2/c1-20(2)17-30-25(32)29(19-23-11-7-8-14-27-23)24(31)26(30)12-15-28(16-13-26)18-21(3)22-9-5-4-6-10-22/h4-11,14,20-21H,12-13,15-19H2,1-3H3/t21-/m0/s1. The summed E-state index contributed by atoms with van der Waals surface area (Å²) in [7, 11) is 0. The van der Waals surface area contributed by atoms with E-state index in [1.165, 1.54) is 10.5 Å². The van der Waals surface area contributed by atoms with Crippen LogP contribution in [-0.2, 0) is 11.3 Å². The van der Waals surface area contributed by atoms with Crippen LogP contribution in [0.5, 0.6) is 0 Å². The van der Waals surface area contributed by atoms with E-state index in [-0.39, 0.29) is 18.5 Å². The van der Waals surface area contributed by atoms with Gasteiger partial charge in [-0.3, -0.25) is 14.7 Å². The molecule has 0 unspecified atom stereocenters. The fourth-order valence-electron chi connectivity index (χ4n) is 5.06. The summed E-state index contributed by atoms with van der Waals surface area (Å²) in [6.45, 7) is 9.90. The molecule has 2 aromatic rings. The third kappa shape index (κ3) is 4.42. The highest BCUT2D eigenvalue weighted by Crippen LogP contribution is 2.38. The number of carbonyl (C=O) groups excluding carboxylic acids is 2. The summed E-state index contributed by atoms with van der Waals surface area (Å²) in [5.74, 6) is 0.678. The molecule has 4 rings (SSSR count). The number of urea groups is 1. The molecule has 0 radical (unpaired) electrons. The molecule has 0 aliphatic carbocycles. The Balaban J connectivity index is 1.49. The fraction of sp³-hybridized carbons (Fsp3) is 0.500. The number of hydrogen-bond donors (Lipinski definition) is 0. The van der Waals surface area contributed by atoms with Crippen molar-refractivity contribution in [1.82, 2.24) is 19.7 Å². The van der Waals surface area contributed by atoms with Gasteiger partial charge in [-0.1, -0.05) is 57.2 Å². The first-order chi connectivity index (χ1) is 15.4. The summed E-state index contributed by atoms with van der Waals surface area (Å²) in [4.78, 5) is 37.1. The van der Waals surface area contributed by atoms with Gasteiger partial charge in [-0.05, 0) is 42.4 Å². The quantitative estimate of drug-likeness (QED) is 0.615. The monoisotopic (exact) mass is 434 g/mol. The molecule has 1 atom stereocenters. The van der Waals surface area contributed by atoms with Crippen LogP contribution in [0, 0.1) is 5.92 Å². The minimum absolute atomic E-state index is 0.0513. The van der Waals surface area contributed by atoms with Crippen LogP contribution in [0.2, 0.25) is 0 Å². The average molecular weight is 435 g/mol. The summed E-state index contributed by atoms with van der Waals surface area (Å²) in [6.07, 6.45) is 3.07. The number of nitrogens with zero attached hydrogens (tertiary/aromatic N) is 4. The van der Waals surface area contributed by atoms with Crippen LogP contribution in [0.4, 0.5) is 4.79 Å². The molecule has 3 heterocycles. The van der Waals surface area contributed by atoms with Crippen molar-refractivity contribution in [3.63, 3.8) is 0 Å². The lowest BCUT2D eigenvalue weighted by molar-refractivity contribution is -0.136. The van der Waals surface area contributed by atoms with Crippen molar-refractivity contribution in [3.05, 3.63) is 66.0 Å².